The molecule has 0 aliphatic heterocycles. The Labute approximate surface area is 126 Å². The zero-order valence-corrected chi connectivity index (χ0v) is 11.9. The van der Waals surface area contributed by atoms with Crippen molar-refractivity contribution in [2.75, 3.05) is 6.54 Å². The van der Waals surface area contributed by atoms with Gasteiger partial charge in [0.25, 0.3) is 0 Å². The first-order valence-corrected chi connectivity index (χ1v) is 6.96. The molecule has 1 heterocycles. The number of nitrogens with one attached hydrogen (secondary N) is 1. The Bertz CT molecular complexity index is 780. The van der Waals surface area contributed by atoms with Crippen LogP contribution in [0.4, 0.5) is 0 Å². The van der Waals surface area contributed by atoms with Gasteiger partial charge >= 0.3 is 0 Å². The number of H-pyrrole nitrogens is 1. The fourth-order valence-electron chi connectivity index (χ4n) is 2.61. The first kappa shape index (κ1) is 13.6. The molecule has 21 heavy (non-hydrogen) atoms. The van der Waals surface area contributed by atoms with Crippen molar-refractivity contribution in [1.29, 1.82) is 0 Å². The molecule has 0 bridgehead atoms. The molecule has 106 valence electrons. The molecule has 3 aromatic rings. The summed E-state index contributed by atoms with van der Waals surface area (Å²) in [4.78, 5) is 13.9. The number of rotatable bonds is 4. The maximum absolute atomic E-state index is 11.1. The van der Waals surface area contributed by atoms with E-state index in [1.54, 1.807) is 12.1 Å². The highest BCUT2D eigenvalue weighted by Crippen LogP contribution is 2.31. The number of aromatic amines is 1. The number of aromatic nitrogens is 1. The normalized spacial score (nSPS) is 12.4. The summed E-state index contributed by atoms with van der Waals surface area (Å²) in [7, 11) is 0. The molecule has 1 aromatic heterocycles. The molecule has 0 unspecified atom stereocenters. The minimum Gasteiger partial charge on any atom is -0.361 e. The molecular weight excluding hydrogens is 288 g/mol. The second kappa shape index (κ2) is 5.58. The van der Waals surface area contributed by atoms with Gasteiger partial charge in [0, 0.05) is 27.0 Å². The van der Waals surface area contributed by atoms with E-state index in [2.05, 4.69) is 4.98 Å². The Balaban J connectivity index is 2.11. The van der Waals surface area contributed by atoms with Crippen molar-refractivity contribution < 1.29 is 4.92 Å². The van der Waals surface area contributed by atoms with Gasteiger partial charge in [0.1, 0.15) is 0 Å². The quantitative estimate of drug-likeness (QED) is 0.579. The Morgan fingerprint density at radius 3 is 2.57 bits per heavy atom. The molecule has 5 heteroatoms. The predicted octanol–water partition coefficient (Wildman–Crippen LogP) is 4.23. The van der Waals surface area contributed by atoms with E-state index in [-0.39, 0.29) is 17.4 Å². The minimum atomic E-state index is -0.298. The second-order valence-corrected chi connectivity index (χ2v) is 5.35. The number of nitro groups is 1. The highest BCUT2D eigenvalue weighted by molar-refractivity contribution is 6.30. The molecule has 0 aliphatic carbocycles. The molecule has 3 rings (SSSR count). The van der Waals surface area contributed by atoms with Crippen molar-refractivity contribution in [3.8, 4) is 0 Å². The van der Waals surface area contributed by atoms with Gasteiger partial charge in [0.2, 0.25) is 6.54 Å². The first-order valence-electron chi connectivity index (χ1n) is 6.58. The summed E-state index contributed by atoms with van der Waals surface area (Å²) in [6, 6.07) is 15.0. The van der Waals surface area contributed by atoms with Crippen molar-refractivity contribution in [1.82, 2.24) is 4.98 Å². The van der Waals surface area contributed by atoms with E-state index in [9.17, 15) is 10.1 Å². The average molecular weight is 301 g/mol. The summed E-state index contributed by atoms with van der Waals surface area (Å²) < 4.78 is 0. The van der Waals surface area contributed by atoms with Crippen LogP contribution < -0.4 is 0 Å². The summed E-state index contributed by atoms with van der Waals surface area (Å²) in [6.07, 6.45) is 1.85. The first-order chi connectivity index (χ1) is 10.1. The fraction of sp³-hybridized carbons (Fsp3) is 0.125. The van der Waals surface area contributed by atoms with Crippen LogP contribution in [-0.4, -0.2) is 16.5 Å². The Kier molecular flexibility index (Phi) is 3.62. The Morgan fingerprint density at radius 2 is 1.86 bits per heavy atom. The van der Waals surface area contributed by atoms with E-state index in [1.165, 1.54) is 0 Å². The second-order valence-electron chi connectivity index (χ2n) is 4.91. The van der Waals surface area contributed by atoms with Gasteiger partial charge in [0.05, 0.1) is 5.92 Å². The van der Waals surface area contributed by atoms with E-state index in [0.717, 1.165) is 22.0 Å². The van der Waals surface area contributed by atoms with Gasteiger partial charge < -0.3 is 4.98 Å². The lowest BCUT2D eigenvalue weighted by Gasteiger charge is -2.13. The van der Waals surface area contributed by atoms with Crippen molar-refractivity contribution in [3.63, 3.8) is 0 Å². The molecule has 1 N–H and O–H groups in total. The van der Waals surface area contributed by atoms with Crippen molar-refractivity contribution in [2.24, 2.45) is 0 Å². The Hall–Kier alpha value is -2.33. The van der Waals surface area contributed by atoms with Gasteiger partial charge in [-0.15, -0.1) is 0 Å². The highest BCUT2D eigenvalue weighted by atomic mass is 35.5. The van der Waals surface area contributed by atoms with Crippen LogP contribution in [0.25, 0.3) is 10.9 Å². The molecule has 0 aliphatic rings. The fourth-order valence-corrected chi connectivity index (χ4v) is 2.74. The van der Waals surface area contributed by atoms with Crippen molar-refractivity contribution in [3.05, 3.63) is 81.0 Å². The van der Waals surface area contributed by atoms with E-state index >= 15 is 0 Å². The number of hydrogen-bond donors (Lipinski definition) is 1. The Morgan fingerprint density at radius 1 is 1.14 bits per heavy atom. The standard InChI is InChI=1S/C16H13ClN2O2/c17-12-7-5-11(6-8-12)15(10-19(20)21)14-9-18-16-4-2-1-3-13(14)16/h1-9,15,18H,10H2/t15-/m0/s1. The van der Waals surface area contributed by atoms with Gasteiger partial charge in [-0.25, -0.2) is 0 Å². The summed E-state index contributed by atoms with van der Waals surface area (Å²) in [5.41, 5.74) is 2.81. The average Bonchev–Trinajstić information content (AvgIpc) is 2.89. The van der Waals surface area contributed by atoms with E-state index < -0.39 is 0 Å². The lowest BCUT2D eigenvalue weighted by atomic mass is 9.91. The monoisotopic (exact) mass is 300 g/mol. The summed E-state index contributed by atoms with van der Waals surface area (Å²) >= 11 is 5.90. The molecule has 0 saturated heterocycles. The summed E-state index contributed by atoms with van der Waals surface area (Å²) in [5.74, 6) is -0.298. The SMILES string of the molecule is O=[N+]([O-])C[C@@H](c1ccc(Cl)cc1)c1c[nH]c2ccccc12. The van der Waals surface area contributed by atoms with Crippen LogP contribution in [-0.2, 0) is 0 Å². The molecule has 2 aromatic carbocycles. The third kappa shape index (κ3) is 2.76. The zero-order chi connectivity index (χ0) is 14.8. The zero-order valence-electron chi connectivity index (χ0n) is 11.1. The molecule has 0 saturated carbocycles. The van der Waals surface area contributed by atoms with E-state index in [4.69, 9.17) is 11.6 Å². The van der Waals surface area contributed by atoms with Crippen molar-refractivity contribution >= 4 is 22.5 Å². The molecule has 0 radical (unpaired) electrons. The third-order valence-corrected chi connectivity index (χ3v) is 3.85. The lowest BCUT2D eigenvalue weighted by Crippen LogP contribution is -2.13. The molecule has 4 nitrogen and oxygen atoms in total. The maximum atomic E-state index is 11.1. The van der Waals surface area contributed by atoms with Gasteiger partial charge in [-0.2, -0.15) is 0 Å². The van der Waals surface area contributed by atoms with Crippen molar-refractivity contribution in [2.45, 2.75) is 5.92 Å². The van der Waals surface area contributed by atoms with Crippen LogP contribution in [0, 0.1) is 10.1 Å². The molecule has 0 amide bonds. The van der Waals surface area contributed by atoms with E-state index in [1.807, 2.05) is 42.6 Å². The smallest absolute Gasteiger partial charge is 0.214 e. The number of fused-ring (bicyclic) bond motifs is 1. The van der Waals surface area contributed by atoms with Crippen LogP contribution in [0.5, 0.6) is 0 Å². The highest BCUT2D eigenvalue weighted by Gasteiger charge is 2.23. The van der Waals surface area contributed by atoms with Gasteiger partial charge in [0.15, 0.2) is 0 Å². The number of hydrogen-bond acceptors (Lipinski definition) is 2. The van der Waals surface area contributed by atoms with Crippen LogP contribution in [0.1, 0.15) is 17.0 Å². The molecular formula is C16H13ClN2O2. The lowest BCUT2D eigenvalue weighted by molar-refractivity contribution is -0.481. The predicted molar refractivity (Wildman–Crippen MR) is 83.5 cm³/mol. The summed E-state index contributed by atoms with van der Waals surface area (Å²) in [6.45, 7) is -0.149. The number of para-hydroxylation sites is 1. The van der Waals surface area contributed by atoms with Crippen LogP contribution in [0.2, 0.25) is 5.02 Å². The van der Waals surface area contributed by atoms with Gasteiger partial charge in [-0.1, -0.05) is 41.9 Å². The molecule has 0 fully saturated rings. The van der Waals surface area contributed by atoms with Crippen LogP contribution >= 0.6 is 11.6 Å². The third-order valence-electron chi connectivity index (χ3n) is 3.60. The topological polar surface area (TPSA) is 58.9 Å². The largest absolute Gasteiger partial charge is 0.361 e. The number of benzene rings is 2. The molecule has 1 atom stereocenters. The van der Waals surface area contributed by atoms with Gasteiger partial charge in [-0.3, -0.25) is 10.1 Å². The summed E-state index contributed by atoms with van der Waals surface area (Å²) in [5, 5.41) is 12.7. The number of nitrogens with zero attached hydrogens (tertiary/aromatic N) is 1. The molecule has 0 spiro atoms. The van der Waals surface area contributed by atoms with E-state index in [0.29, 0.717) is 5.02 Å². The van der Waals surface area contributed by atoms with Crippen LogP contribution in [0.15, 0.2) is 54.7 Å². The minimum absolute atomic E-state index is 0.149. The van der Waals surface area contributed by atoms with Gasteiger partial charge in [-0.05, 0) is 29.3 Å². The maximum Gasteiger partial charge on any atom is 0.214 e. The van der Waals surface area contributed by atoms with Crippen LogP contribution in [0.3, 0.4) is 0 Å². The number of halogens is 1.